The number of anilines is 1. The minimum Gasteiger partial charge on any atom is -0.497 e. The van der Waals surface area contributed by atoms with Crippen molar-refractivity contribution in [3.8, 4) is 17.2 Å². The van der Waals surface area contributed by atoms with Crippen LogP contribution in [0.2, 0.25) is 0 Å². The highest BCUT2D eigenvalue weighted by molar-refractivity contribution is 6.15. The van der Waals surface area contributed by atoms with E-state index in [1.54, 1.807) is 19.3 Å². The molecule has 1 aliphatic heterocycles. The number of methoxy groups -OCH3 is 1. The van der Waals surface area contributed by atoms with Crippen molar-refractivity contribution in [3.63, 3.8) is 0 Å². The molecule has 31 heavy (non-hydrogen) atoms. The molecular formula is C26H25NO4. The summed E-state index contributed by atoms with van der Waals surface area (Å²) in [6.07, 6.45) is 1.78. The highest BCUT2D eigenvalue weighted by atomic mass is 16.5. The zero-order valence-electron chi connectivity index (χ0n) is 18.1. The van der Waals surface area contributed by atoms with Crippen molar-refractivity contribution in [2.24, 2.45) is 0 Å². The van der Waals surface area contributed by atoms with Crippen molar-refractivity contribution in [3.05, 3.63) is 88.7 Å². The highest BCUT2D eigenvalue weighted by Crippen LogP contribution is 2.39. The van der Waals surface area contributed by atoms with Gasteiger partial charge in [-0.15, -0.1) is 0 Å². The molecule has 4 rings (SSSR count). The molecule has 0 saturated carbocycles. The zero-order chi connectivity index (χ0) is 22.0. The average Bonchev–Trinajstić information content (AvgIpc) is 3.10. The number of fused-ring (bicyclic) bond motifs is 1. The van der Waals surface area contributed by atoms with Crippen LogP contribution in [0.25, 0.3) is 6.08 Å². The van der Waals surface area contributed by atoms with Crippen LogP contribution < -0.4 is 19.1 Å². The summed E-state index contributed by atoms with van der Waals surface area (Å²) in [5.74, 6) is 2.27. The number of carbonyl (C=O) groups is 1. The summed E-state index contributed by atoms with van der Waals surface area (Å²) in [6, 6.07) is 19.3. The fraction of sp³-hybridized carbons (Fsp3) is 0.192. The predicted octanol–water partition coefficient (Wildman–Crippen LogP) is 5.26. The molecule has 1 heterocycles. The van der Waals surface area contributed by atoms with Gasteiger partial charge in [0.25, 0.3) is 0 Å². The van der Waals surface area contributed by atoms with Crippen LogP contribution in [0, 0.1) is 6.92 Å². The third-order valence-corrected chi connectivity index (χ3v) is 5.30. The summed E-state index contributed by atoms with van der Waals surface area (Å²) >= 11 is 0. The number of benzene rings is 3. The second kappa shape index (κ2) is 8.56. The number of hydrogen-bond donors (Lipinski definition) is 0. The van der Waals surface area contributed by atoms with Gasteiger partial charge in [-0.05, 0) is 60.5 Å². The van der Waals surface area contributed by atoms with E-state index in [0.717, 1.165) is 28.1 Å². The van der Waals surface area contributed by atoms with Gasteiger partial charge in [-0.3, -0.25) is 4.79 Å². The molecule has 0 bridgehead atoms. The standard InChI is InChI=1S/C26H25NO4/c1-17-23(30-16-19-7-11-21(29-4)12-8-19)14-13-22-25(28)24(31-26(17)22)15-18-5-9-20(10-6-18)27(2)3/h5-15H,16H2,1-4H3/b24-15-. The Bertz CT molecular complexity index is 1130. The highest BCUT2D eigenvalue weighted by Gasteiger charge is 2.30. The Morgan fingerprint density at radius 1 is 0.968 bits per heavy atom. The van der Waals surface area contributed by atoms with Gasteiger partial charge in [0.1, 0.15) is 23.9 Å². The third kappa shape index (κ3) is 4.26. The molecule has 3 aromatic carbocycles. The molecule has 1 aliphatic rings. The van der Waals surface area contributed by atoms with Crippen LogP contribution in [-0.2, 0) is 6.61 Å². The molecule has 0 aliphatic carbocycles. The fourth-order valence-corrected chi connectivity index (χ4v) is 3.43. The van der Waals surface area contributed by atoms with Crippen LogP contribution in [0.4, 0.5) is 5.69 Å². The Hall–Kier alpha value is -3.73. The number of ether oxygens (including phenoxy) is 3. The van der Waals surface area contributed by atoms with Gasteiger partial charge in [0.05, 0.1) is 12.7 Å². The summed E-state index contributed by atoms with van der Waals surface area (Å²) in [5, 5.41) is 0. The normalized spacial score (nSPS) is 13.7. The number of hydrogen-bond acceptors (Lipinski definition) is 5. The second-order valence-electron chi connectivity index (χ2n) is 7.63. The van der Waals surface area contributed by atoms with Crippen molar-refractivity contribution in [1.82, 2.24) is 0 Å². The van der Waals surface area contributed by atoms with E-state index in [2.05, 4.69) is 0 Å². The molecule has 0 atom stereocenters. The molecule has 0 aromatic heterocycles. The Kier molecular flexibility index (Phi) is 5.67. The Morgan fingerprint density at radius 2 is 1.68 bits per heavy atom. The number of allylic oxidation sites excluding steroid dienone is 1. The SMILES string of the molecule is COc1ccc(COc2ccc3c(c2C)O/C(=C\c2ccc(N(C)C)cc2)C3=O)cc1. The summed E-state index contributed by atoms with van der Waals surface area (Å²) in [4.78, 5) is 14.9. The Balaban J connectivity index is 1.51. The minimum absolute atomic E-state index is 0.114. The minimum atomic E-state index is -0.114. The molecule has 0 radical (unpaired) electrons. The number of Topliss-reactive ketones (excluding diaryl/α,β-unsaturated/α-hetero) is 1. The molecule has 5 heteroatoms. The van der Waals surface area contributed by atoms with Gasteiger partial charge < -0.3 is 19.1 Å². The number of rotatable bonds is 6. The molecule has 0 spiro atoms. The fourth-order valence-electron chi connectivity index (χ4n) is 3.43. The van der Waals surface area contributed by atoms with E-state index >= 15 is 0 Å². The quantitative estimate of drug-likeness (QED) is 0.514. The molecule has 0 saturated heterocycles. The molecule has 0 N–H and O–H groups in total. The van der Waals surface area contributed by atoms with Crippen molar-refractivity contribution in [2.75, 3.05) is 26.1 Å². The van der Waals surface area contributed by atoms with Crippen molar-refractivity contribution < 1.29 is 19.0 Å². The smallest absolute Gasteiger partial charge is 0.231 e. The van der Waals surface area contributed by atoms with E-state index in [0.29, 0.717) is 29.4 Å². The van der Waals surface area contributed by atoms with Crippen molar-refractivity contribution in [1.29, 1.82) is 0 Å². The van der Waals surface area contributed by atoms with Crippen LogP contribution in [0.5, 0.6) is 17.2 Å². The zero-order valence-corrected chi connectivity index (χ0v) is 18.1. The number of nitrogens with zero attached hydrogens (tertiary/aromatic N) is 1. The van der Waals surface area contributed by atoms with Crippen molar-refractivity contribution >= 4 is 17.5 Å². The van der Waals surface area contributed by atoms with E-state index in [-0.39, 0.29) is 5.78 Å². The van der Waals surface area contributed by atoms with E-state index in [1.165, 1.54) is 0 Å². The molecular weight excluding hydrogens is 390 g/mol. The summed E-state index contributed by atoms with van der Waals surface area (Å²) in [6.45, 7) is 2.32. The van der Waals surface area contributed by atoms with Crippen LogP contribution in [0.1, 0.15) is 27.0 Å². The second-order valence-corrected chi connectivity index (χ2v) is 7.63. The summed E-state index contributed by atoms with van der Waals surface area (Å²) < 4.78 is 17.1. The van der Waals surface area contributed by atoms with Gasteiger partial charge >= 0.3 is 0 Å². The number of carbonyl (C=O) groups excluding carboxylic acids is 1. The van der Waals surface area contributed by atoms with Crippen LogP contribution in [-0.4, -0.2) is 27.0 Å². The molecule has 3 aromatic rings. The van der Waals surface area contributed by atoms with E-state index < -0.39 is 0 Å². The Morgan fingerprint density at radius 3 is 2.32 bits per heavy atom. The van der Waals surface area contributed by atoms with E-state index in [4.69, 9.17) is 14.2 Å². The molecule has 5 nitrogen and oxygen atoms in total. The maximum Gasteiger partial charge on any atom is 0.231 e. The lowest BCUT2D eigenvalue weighted by molar-refractivity contribution is 0.101. The lowest BCUT2D eigenvalue weighted by Crippen LogP contribution is -2.08. The summed E-state index contributed by atoms with van der Waals surface area (Å²) in [7, 11) is 5.62. The van der Waals surface area contributed by atoms with Crippen LogP contribution in [0.15, 0.2) is 66.4 Å². The topological polar surface area (TPSA) is 48.0 Å². The molecule has 158 valence electrons. The first-order valence-corrected chi connectivity index (χ1v) is 10.1. The lowest BCUT2D eigenvalue weighted by atomic mass is 10.1. The number of ketones is 1. The lowest BCUT2D eigenvalue weighted by Gasteiger charge is -2.12. The summed E-state index contributed by atoms with van der Waals surface area (Å²) in [5.41, 5.74) is 4.41. The first-order chi connectivity index (χ1) is 15.0. The van der Waals surface area contributed by atoms with E-state index in [1.807, 2.05) is 80.5 Å². The van der Waals surface area contributed by atoms with Gasteiger partial charge in [0, 0.05) is 25.3 Å². The van der Waals surface area contributed by atoms with Crippen LogP contribution >= 0.6 is 0 Å². The van der Waals surface area contributed by atoms with Crippen molar-refractivity contribution in [2.45, 2.75) is 13.5 Å². The van der Waals surface area contributed by atoms with Gasteiger partial charge in [0.2, 0.25) is 5.78 Å². The molecule has 0 fully saturated rings. The monoisotopic (exact) mass is 415 g/mol. The van der Waals surface area contributed by atoms with Gasteiger partial charge in [-0.25, -0.2) is 0 Å². The third-order valence-electron chi connectivity index (χ3n) is 5.30. The largest absolute Gasteiger partial charge is 0.497 e. The van der Waals surface area contributed by atoms with E-state index in [9.17, 15) is 4.79 Å². The van der Waals surface area contributed by atoms with Gasteiger partial charge in [-0.1, -0.05) is 24.3 Å². The maximum atomic E-state index is 12.8. The van der Waals surface area contributed by atoms with Crippen LogP contribution in [0.3, 0.4) is 0 Å². The Labute approximate surface area is 182 Å². The predicted molar refractivity (Wildman–Crippen MR) is 122 cm³/mol. The molecule has 0 unspecified atom stereocenters. The van der Waals surface area contributed by atoms with Gasteiger partial charge in [-0.2, -0.15) is 0 Å². The average molecular weight is 415 g/mol. The first kappa shape index (κ1) is 20.5. The molecule has 0 amide bonds. The maximum absolute atomic E-state index is 12.8. The first-order valence-electron chi connectivity index (χ1n) is 10.1. The van der Waals surface area contributed by atoms with Gasteiger partial charge in [0.15, 0.2) is 5.76 Å².